The van der Waals surface area contributed by atoms with E-state index in [0.717, 1.165) is 6.42 Å². The normalized spacial score (nSPS) is 28.9. The Bertz CT molecular complexity index is 241. The van der Waals surface area contributed by atoms with E-state index in [4.69, 9.17) is 4.74 Å². The van der Waals surface area contributed by atoms with Crippen LogP contribution >= 0.6 is 23.5 Å². The molecule has 1 heterocycles. The van der Waals surface area contributed by atoms with Crippen LogP contribution in [0.4, 0.5) is 0 Å². The van der Waals surface area contributed by atoms with Gasteiger partial charge in [0.05, 0.1) is 16.6 Å². The van der Waals surface area contributed by atoms with Crippen molar-refractivity contribution in [3.63, 3.8) is 0 Å². The summed E-state index contributed by atoms with van der Waals surface area (Å²) in [5.74, 6) is 2.60. The molecule has 2 aliphatic rings. The van der Waals surface area contributed by atoms with Crippen LogP contribution in [0.1, 0.15) is 39.0 Å². The molecular formula is C12H20O2S2. The molecule has 16 heavy (non-hydrogen) atoms. The molecule has 4 heteroatoms. The first kappa shape index (κ1) is 12.6. The predicted molar refractivity (Wildman–Crippen MR) is 70.9 cm³/mol. The van der Waals surface area contributed by atoms with Crippen LogP contribution in [0.25, 0.3) is 0 Å². The number of rotatable bonds is 2. The molecular weight excluding hydrogens is 240 g/mol. The molecule has 0 N–H and O–H groups in total. The maximum Gasteiger partial charge on any atom is 0.311 e. The molecule has 0 aromatic carbocycles. The fourth-order valence-electron chi connectivity index (χ4n) is 2.59. The van der Waals surface area contributed by atoms with Crippen LogP contribution in [-0.2, 0) is 9.53 Å². The highest BCUT2D eigenvalue weighted by Gasteiger charge is 2.47. The minimum atomic E-state index is 0.0455. The Morgan fingerprint density at radius 3 is 2.75 bits per heavy atom. The summed E-state index contributed by atoms with van der Waals surface area (Å²) >= 11 is 4.02. The van der Waals surface area contributed by atoms with Crippen molar-refractivity contribution < 1.29 is 9.53 Å². The van der Waals surface area contributed by atoms with E-state index in [-0.39, 0.29) is 16.0 Å². The van der Waals surface area contributed by atoms with Crippen LogP contribution in [0.5, 0.6) is 0 Å². The van der Waals surface area contributed by atoms with Gasteiger partial charge >= 0.3 is 5.97 Å². The van der Waals surface area contributed by atoms with Crippen LogP contribution in [0, 0.1) is 5.92 Å². The average Bonchev–Trinajstić information content (AvgIpc) is 2.31. The van der Waals surface area contributed by atoms with E-state index in [1.807, 2.05) is 30.4 Å². The van der Waals surface area contributed by atoms with Gasteiger partial charge in [0.1, 0.15) is 0 Å². The van der Waals surface area contributed by atoms with Gasteiger partial charge in [-0.25, -0.2) is 0 Å². The lowest BCUT2D eigenvalue weighted by atomic mass is 9.88. The molecule has 1 unspecified atom stereocenters. The Hall–Kier alpha value is 0.170. The molecule has 2 rings (SSSR count). The number of thioether (sulfide) groups is 2. The molecule has 1 saturated carbocycles. The van der Waals surface area contributed by atoms with Gasteiger partial charge in [-0.2, -0.15) is 0 Å². The topological polar surface area (TPSA) is 26.3 Å². The molecule has 92 valence electrons. The number of carbonyl (C=O) groups is 1. The SMILES string of the molecule is CCOC(=O)C1CCCCC12SCCCS2. The lowest BCUT2D eigenvalue weighted by Gasteiger charge is -2.44. The Morgan fingerprint density at radius 1 is 1.31 bits per heavy atom. The number of hydrogen-bond acceptors (Lipinski definition) is 4. The molecule has 0 aromatic rings. The standard InChI is InChI=1S/C12H20O2S2/c1-2-14-11(13)10-6-3-4-7-12(10)15-8-5-9-16-12/h10H,2-9H2,1H3. The Balaban J connectivity index is 2.09. The Morgan fingerprint density at radius 2 is 2.06 bits per heavy atom. The van der Waals surface area contributed by atoms with Crippen molar-refractivity contribution in [1.29, 1.82) is 0 Å². The first-order chi connectivity index (χ1) is 7.78. The van der Waals surface area contributed by atoms with Gasteiger partial charge in [-0.05, 0) is 37.7 Å². The van der Waals surface area contributed by atoms with Gasteiger partial charge in [0, 0.05) is 0 Å². The summed E-state index contributed by atoms with van der Waals surface area (Å²) in [6.45, 7) is 2.41. The summed E-state index contributed by atoms with van der Waals surface area (Å²) < 4.78 is 5.40. The van der Waals surface area contributed by atoms with E-state index in [2.05, 4.69) is 0 Å². The Kier molecular flexibility index (Phi) is 4.48. The molecule has 1 aliphatic heterocycles. The average molecular weight is 260 g/mol. The van der Waals surface area contributed by atoms with Gasteiger partial charge in [-0.15, -0.1) is 23.5 Å². The van der Waals surface area contributed by atoms with E-state index in [0.29, 0.717) is 6.61 Å². The number of hydrogen-bond donors (Lipinski definition) is 0. The van der Waals surface area contributed by atoms with Crippen LogP contribution < -0.4 is 0 Å². The highest BCUT2D eigenvalue weighted by atomic mass is 32.2. The van der Waals surface area contributed by atoms with Crippen LogP contribution in [0.15, 0.2) is 0 Å². The first-order valence-electron chi connectivity index (χ1n) is 6.23. The van der Waals surface area contributed by atoms with Crippen molar-refractivity contribution in [3.8, 4) is 0 Å². The summed E-state index contributed by atoms with van der Waals surface area (Å²) in [4.78, 5) is 12.0. The summed E-state index contributed by atoms with van der Waals surface area (Å²) in [5, 5.41) is 0. The van der Waals surface area contributed by atoms with E-state index in [1.165, 1.54) is 37.2 Å². The predicted octanol–water partition coefficient (Wildman–Crippen LogP) is 3.31. The number of ether oxygens (including phenoxy) is 1. The highest BCUT2D eigenvalue weighted by Crippen LogP contribution is 2.54. The number of carbonyl (C=O) groups excluding carboxylic acids is 1. The van der Waals surface area contributed by atoms with Crippen molar-refractivity contribution in [2.24, 2.45) is 5.92 Å². The zero-order valence-electron chi connectivity index (χ0n) is 9.87. The molecule has 1 atom stereocenters. The molecule has 1 saturated heterocycles. The van der Waals surface area contributed by atoms with Crippen molar-refractivity contribution in [2.45, 2.75) is 43.1 Å². The second-order valence-corrected chi connectivity index (χ2v) is 7.52. The third kappa shape index (κ3) is 2.53. The Labute approximate surface area is 106 Å². The summed E-state index contributed by atoms with van der Waals surface area (Å²) in [6.07, 6.45) is 5.96. The van der Waals surface area contributed by atoms with Gasteiger partial charge in [-0.1, -0.05) is 12.8 Å². The second-order valence-electron chi connectivity index (χ2n) is 4.41. The van der Waals surface area contributed by atoms with Gasteiger partial charge in [0.25, 0.3) is 0 Å². The van der Waals surface area contributed by atoms with E-state index in [1.54, 1.807) is 0 Å². The molecule has 2 nitrogen and oxygen atoms in total. The summed E-state index contributed by atoms with van der Waals surface area (Å²) in [6, 6.07) is 0. The molecule has 2 fully saturated rings. The van der Waals surface area contributed by atoms with Crippen molar-refractivity contribution >= 4 is 29.5 Å². The molecule has 1 spiro atoms. The maximum atomic E-state index is 12.0. The maximum absolute atomic E-state index is 12.0. The highest BCUT2D eigenvalue weighted by molar-refractivity contribution is 8.18. The molecule has 0 bridgehead atoms. The lowest BCUT2D eigenvalue weighted by molar-refractivity contribution is -0.149. The van der Waals surface area contributed by atoms with Crippen LogP contribution in [0.3, 0.4) is 0 Å². The molecule has 0 amide bonds. The van der Waals surface area contributed by atoms with Gasteiger partial charge in [0.2, 0.25) is 0 Å². The van der Waals surface area contributed by atoms with E-state index < -0.39 is 0 Å². The van der Waals surface area contributed by atoms with Gasteiger partial charge in [-0.3, -0.25) is 4.79 Å². The smallest absolute Gasteiger partial charge is 0.311 e. The van der Waals surface area contributed by atoms with Gasteiger partial charge in [0.15, 0.2) is 0 Å². The zero-order chi connectivity index (χ0) is 11.4. The minimum absolute atomic E-state index is 0.0455. The molecule has 1 aliphatic carbocycles. The minimum Gasteiger partial charge on any atom is -0.466 e. The van der Waals surface area contributed by atoms with Gasteiger partial charge < -0.3 is 4.74 Å². The molecule has 0 radical (unpaired) electrons. The third-order valence-corrected chi connectivity index (χ3v) is 7.00. The largest absolute Gasteiger partial charge is 0.466 e. The quantitative estimate of drug-likeness (QED) is 0.712. The van der Waals surface area contributed by atoms with Crippen LogP contribution in [0.2, 0.25) is 0 Å². The fraction of sp³-hybridized carbons (Fsp3) is 0.917. The monoisotopic (exact) mass is 260 g/mol. The molecule has 0 aromatic heterocycles. The second kappa shape index (κ2) is 5.67. The van der Waals surface area contributed by atoms with Crippen LogP contribution in [-0.4, -0.2) is 28.2 Å². The lowest BCUT2D eigenvalue weighted by Crippen LogP contribution is -2.42. The summed E-state index contributed by atoms with van der Waals surface area (Å²) in [7, 11) is 0. The van der Waals surface area contributed by atoms with E-state index >= 15 is 0 Å². The third-order valence-electron chi connectivity index (χ3n) is 3.35. The fourth-order valence-corrected chi connectivity index (χ4v) is 6.28. The van der Waals surface area contributed by atoms with Crippen molar-refractivity contribution in [2.75, 3.05) is 18.1 Å². The first-order valence-corrected chi connectivity index (χ1v) is 8.20. The van der Waals surface area contributed by atoms with E-state index in [9.17, 15) is 4.79 Å². The summed E-state index contributed by atoms with van der Waals surface area (Å²) in [5.41, 5.74) is 0. The number of esters is 1. The van der Waals surface area contributed by atoms with Crippen molar-refractivity contribution in [3.05, 3.63) is 0 Å². The van der Waals surface area contributed by atoms with Crippen molar-refractivity contribution in [1.82, 2.24) is 0 Å². The zero-order valence-corrected chi connectivity index (χ0v) is 11.5.